The zero-order valence-electron chi connectivity index (χ0n) is 15.1. The van der Waals surface area contributed by atoms with E-state index in [4.69, 9.17) is 9.47 Å². The molecule has 1 aliphatic heterocycles. The quantitative estimate of drug-likeness (QED) is 0.364. The number of hydrogen-bond donors (Lipinski definition) is 3. The molecule has 1 aliphatic rings. The number of rotatable bonds is 3. The first-order valence-corrected chi connectivity index (χ1v) is 8.53. The summed E-state index contributed by atoms with van der Waals surface area (Å²) in [5.74, 6) is -2.00. The maximum atomic E-state index is 12.0. The number of cyclic esters (lactones) is 2. The first kappa shape index (κ1) is 17.6. The number of aromatic hydroxyl groups is 1. The van der Waals surface area contributed by atoms with Crippen molar-refractivity contribution in [2.45, 2.75) is 19.6 Å². The number of fused-ring (bicyclic) bond motifs is 1. The Morgan fingerprint density at radius 2 is 1.86 bits per heavy atom. The number of phenolic OH excluding ortho intramolecular Hbond substituents is 1. The van der Waals surface area contributed by atoms with Crippen molar-refractivity contribution < 1.29 is 24.2 Å². The van der Waals surface area contributed by atoms with Gasteiger partial charge in [-0.25, -0.2) is 14.6 Å². The monoisotopic (exact) mass is 379 g/mol. The summed E-state index contributed by atoms with van der Waals surface area (Å²) in [6, 6.07) is 12.1. The van der Waals surface area contributed by atoms with Crippen molar-refractivity contribution in [2.24, 2.45) is 0 Å². The molecule has 1 aromatic heterocycles. The van der Waals surface area contributed by atoms with Gasteiger partial charge in [0.1, 0.15) is 11.6 Å². The molecule has 28 heavy (non-hydrogen) atoms. The number of ether oxygens (including phenoxy) is 2. The Morgan fingerprint density at radius 1 is 1.11 bits per heavy atom. The van der Waals surface area contributed by atoms with E-state index in [1.807, 2.05) is 6.07 Å². The number of H-pyrrole nitrogens is 1. The van der Waals surface area contributed by atoms with Crippen LogP contribution in [0.2, 0.25) is 0 Å². The number of nitrogens with one attached hydrogen (secondary N) is 2. The van der Waals surface area contributed by atoms with Gasteiger partial charge in [0.15, 0.2) is 5.57 Å². The highest BCUT2D eigenvalue weighted by Gasteiger charge is 2.38. The lowest BCUT2D eigenvalue weighted by Gasteiger charge is -2.29. The lowest BCUT2D eigenvalue weighted by Crippen LogP contribution is -2.42. The molecule has 0 radical (unpaired) electrons. The number of aromatic amines is 1. The lowest BCUT2D eigenvalue weighted by atomic mass is 10.2. The zero-order valence-corrected chi connectivity index (χ0v) is 15.1. The summed E-state index contributed by atoms with van der Waals surface area (Å²) >= 11 is 0. The Hall–Kier alpha value is -3.81. The molecule has 0 spiro atoms. The molecular weight excluding hydrogens is 362 g/mol. The number of anilines is 1. The fourth-order valence-electron chi connectivity index (χ4n) is 2.82. The summed E-state index contributed by atoms with van der Waals surface area (Å²) in [7, 11) is 0. The van der Waals surface area contributed by atoms with Crippen molar-refractivity contribution in [3.8, 4) is 17.1 Å². The third-order valence-corrected chi connectivity index (χ3v) is 4.10. The minimum Gasteiger partial charge on any atom is -0.508 e. The van der Waals surface area contributed by atoms with Crippen LogP contribution in [-0.2, 0) is 19.1 Å². The molecule has 1 saturated heterocycles. The molecule has 8 heteroatoms. The molecule has 0 aliphatic carbocycles. The van der Waals surface area contributed by atoms with Gasteiger partial charge in [-0.3, -0.25) is 0 Å². The maximum Gasteiger partial charge on any atom is 0.350 e. The van der Waals surface area contributed by atoms with E-state index < -0.39 is 17.7 Å². The van der Waals surface area contributed by atoms with Crippen molar-refractivity contribution in [1.82, 2.24) is 9.97 Å². The lowest BCUT2D eigenvalue weighted by molar-refractivity contribution is -0.222. The van der Waals surface area contributed by atoms with E-state index in [1.54, 1.807) is 36.4 Å². The molecule has 3 aromatic rings. The normalized spacial score (nSPS) is 15.9. The molecule has 4 rings (SSSR count). The van der Waals surface area contributed by atoms with Crippen molar-refractivity contribution in [3.63, 3.8) is 0 Å². The van der Waals surface area contributed by atoms with Crippen molar-refractivity contribution >= 4 is 28.7 Å². The highest BCUT2D eigenvalue weighted by atomic mass is 16.7. The van der Waals surface area contributed by atoms with E-state index in [-0.39, 0.29) is 11.3 Å². The number of carbonyl (C=O) groups excluding carboxylic acids is 2. The van der Waals surface area contributed by atoms with Gasteiger partial charge in [-0.2, -0.15) is 0 Å². The van der Waals surface area contributed by atoms with Crippen molar-refractivity contribution in [3.05, 3.63) is 54.2 Å². The molecule has 2 heterocycles. The van der Waals surface area contributed by atoms with Crippen LogP contribution in [0, 0.1) is 0 Å². The summed E-state index contributed by atoms with van der Waals surface area (Å²) in [5.41, 5.74) is 2.65. The summed E-state index contributed by atoms with van der Waals surface area (Å²) in [5, 5.41) is 12.5. The van der Waals surface area contributed by atoms with Crippen LogP contribution in [0.25, 0.3) is 22.4 Å². The minimum atomic E-state index is -1.28. The van der Waals surface area contributed by atoms with Crippen LogP contribution in [0.15, 0.2) is 54.2 Å². The summed E-state index contributed by atoms with van der Waals surface area (Å²) < 4.78 is 10.1. The van der Waals surface area contributed by atoms with Crippen LogP contribution in [0.5, 0.6) is 5.75 Å². The molecule has 2 aromatic carbocycles. The van der Waals surface area contributed by atoms with Crippen molar-refractivity contribution in [1.29, 1.82) is 0 Å². The molecule has 0 unspecified atom stereocenters. The van der Waals surface area contributed by atoms with E-state index in [9.17, 15) is 14.7 Å². The average Bonchev–Trinajstić information content (AvgIpc) is 3.03. The number of imidazole rings is 1. The van der Waals surface area contributed by atoms with Gasteiger partial charge in [0.05, 0.1) is 11.0 Å². The third-order valence-electron chi connectivity index (χ3n) is 4.10. The van der Waals surface area contributed by atoms with Gasteiger partial charge in [0.25, 0.3) is 5.79 Å². The maximum absolute atomic E-state index is 12.0. The van der Waals surface area contributed by atoms with E-state index in [0.717, 1.165) is 16.6 Å². The Bertz CT molecular complexity index is 1110. The van der Waals surface area contributed by atoms with Crippen molar-refractivity contribution in [2.75, 3.05) is 5.32 Å². The molecule has 1 fully saturated rings. The Labute approximate surface area is 159 Å². The summed E-state index contributed by atoms with van der Waals surface area (Å²) in [6.07, 6.45) is 1.26. The molecule has 3 N–H and O–H groups in total. The second-order valence-corrected chi connectivity index (χ2v) is 6.75. The van der Waals surface area contributed by atoms with Gasteiger partial charge in [-0.1, -0.05) is 12.1 Å². The molecule has 142 valence electrons. The fraction of sp³-hybridized carbons (Fsp3) is 0.150. The van der Waals surface area contributed by atoms with Crippen LogP contribution in [0.4, 0.5) is 5.69 Å². The Kier molecular flexibility index (Phi) is 4.03. The third kappa shape index (κ3) is 3.39. The van der Waals surface area contributed by atoms with Gasteiger partial charge in [0.2, 0.25) is 0 Å². The van der Waals surface area contributed by atoms with Crippen LogP contribution in [-0.4, -0.2) is 32.8 Å². The van der Waals surface area contributed by atoms with E-state index in [0.29, 0.717) is 11.5 Å². The van der Waals surface area contributed by atoms with Gasteiger partial charge >= 0.3 is 11.9 Å². The smallest absolute Gasteiger partial charge is 0.350 e. The molecular formula is C20H17N3O5. The Morgan fingerprint density at radius 3 is 2.57 bits per heavy atom. The van der Waals surface area contributed by atoms with Crippen LogP contribution in [0.3, 0.4) is 0 Å². The minimum absolute atomic E-state index is 0.154. The first-order valence-electron chi connectivity index (χ1n) is 8.53. The van der Waals surface area contributed by atoms with E-state index in [2.05, 4.69) is 15.3 Å². The number of hydrogen-bond acceptors (Lipinski definition) is 7. The van der Waals surface area contributed by atoms with E-state index >= 15 is 0 Å². The molecule has 0 atom stereocenters. The predicted octanol–water partition coefficient (Wildman–Crippen LogP) is 3.07. The average molecular weight is 379 g/mol. The molecule has 8 nitrogen and oxygen atoms in total. The number of phenols is 1. The van der Waals surface area contributed by atoms with Crippen LogP contribution in [0.1, 0.15) is 13.8 Å². The second-order valence-electron chi connectivity index (χ2n) is 6.75. The molecule has 0 bridgehead atoms. The summed E-state index contributed by atoms with van der Waals surface area (Å²) in [6.45, 7) is 2.98. The zero-order chi connectivity index (χ0) is 19.9. The summed E-state index contributed by atoms with van der Waals surface area (Å²) in [4.78, 5) is 31.6. The second kappa shape index (κ2) is 6.41. The number of carbonyl (C=O) groups is 2. The fourth-order valence-corrected chi connectivity index (χ4v) is 2.82. The van der Waals surface area contributed by atoms with Gasteiger partial charge in [0, 0.05) is 31.3 Å². The standard InChI is InChI=1S/C20H17N3O5/c1-20(2)27-18(25)14(19(26)28-20)10-21-12-6-7-15-16(9-12)23-17(22-15)11-4-3-5-13(24)8-11/h3-10,21,24H,1-2H3,(H,22,23). The van der Waals surface area contributed by atoms with Gasteiger partial charge < -0.3 is 24.9 Å². The predicted molar refractivity (Wildman–Crippen MR) is 101 cm³/mol. The Balaban J connectivity index is 1.59. The first-order chi connectivity index (χ1) is 13.3. The largest absolute Gasteiger partial charge is 0.508 e. The molecule has 0 amide bonds. The topological polar surface area (TPSA) is 114 Å². The number of esters is 2. The number of benzene rings is 2. The van der Waals surface area contributed by atoms with Crippen LogP contribution >= 0.6 is 0 Å². The highest BCUT2D eigenvalue weighted by Crippen LogP contribution is 2.26. The number of aromatic nitrogens is 2. The van der Waals surface area contributed by atoms with Gasteiger partial charge in [-0.15, -0.1) is 0 Å². The SMILES string of the molecule is CC1(C)OC(=O)C(=CNc2ccc3nc(-c4cccc(O)c4)[nH]c3c2)C(=O)O1. The van der Waals surface area contributed by atoms with E-state index in [1.165, 1.54) is 20.0 Å². The number of nitrogens with zero attached hydrogens (tertiary/aromatic N) is 1. The molecule has 0 saturated carbocycles. The van der Waals surface area contributed by atoms with Crippen LogP contribution < -0.4 is 5.32 Å². The highest BCUT2D eigenvalue weighted by molar-refractivity contribution is 6.15. The van der Waals surface area contributed by atoms with Gasteiger partial charge in [-0.05, 0) is 30.3 Å².